The van der Waals surface area contributed by atoms with Gasteiger partial charge in [0.15, 0.2) is 6.61 Å². The molecule has 1 N–H and O–H groups in total. The molecule has 1 amide bonds. The van der Waals surface area contributed by atoms with Crippen LogP contribution in [0.2, 0.25) is 0 Å². The Bertz CT molecular complexity index is 438. The number of carbonyl (C=O) groups is 1. The number of carbonyl (C=O) groups excluding carboxylic acids is 1. The topological polar surface area (TPSA) is 62.1 Å². The zero-order valence-corrected chi connectivity index (χ0v) is 11.0. The molecule has 0 heterocycles. The standard InChI is InChI=1S/C14H18N2O2/c1-14(2,3)10-13(17)16-11-4-6-12(7-5-11)18-9-8-15/h4-7H,9-10H2,1-3H3,(H,16,17). The summed E-state index contributed by atoms with van der Waals surface area (Å²) in [6.45, 7) is 6.08. The summed E-state index contributed by atoms with van der Waals surface area (Å²) >= 11 is 0. The van der Waals surface area contributed by atoms with Gasteiger partial charge in [-0.05, 0) is 29.7 Å². The number of benzene rings is 1. The Balaban J connectivity index is 2.54. The molecule has 1 rings (SSSR count). The second kappa shape index (κ2) is 6.06. The third kappa shape index (κ3) is 5.35. The van der Waals surface area contributed by atoms with Gasteiger partial charge >= 0.3 is 0 Å². The number of amides is 1. The lowest BCUT2D eigenvalue weighted by atomic mass is 9.92. The van der Waals surface area contributed by atoms with Gasteiger partial charge < -0.3 is 10.1 Å². The first-order valence-electron chi connectivity index (χ1n) is 5.80. The number of anilines is 1. The molecule has 0 saturated heterocycles. The van der Waals surface area contributed by atoms with Crippen LogP contribution < -0.4 is 10.1 Å². The second-order valence-electron chi connectivity index (χ2n) is 5.26. The Labute approximate surface area is 108 Å². The molecule has 0 aliphatic heterocycles. The average molecular weight is 246 g/mol. The maximum atomic E-state index is 11.7. The van der Waals surface area contributed by atoms with Crippen LogP contribution in [0.1, 0.15) is 27.2 Å². The first-order chi connectivity index (χ1) is 8.40. The third-order valence-electron chi connectivity index (χ3n) is 2.13. The van der Waals surface area contributed by atoms with Crippen molar-refractivity contribution in [1.82, 2.24) is 0 Å². The molecule has 4 nitrogen and oxygen atoms in total. The van der Waals surface area contributed by atoms with Crippen molar-refractivity contribution >= 4 is 11.6 Å². The minimum atomic E-state index is -0.0278. The molecule has 0 atom stereocenters. The number of ether oxygens (including phenoxy) is 1. The highest BCUT2D eigenvalue weighted by molar-refractivity contribution is 5.91. The van der Waals surface area contributed by atoms with Gasteiger partial charge in [0.05, 0.1) is 0 Å². The molecule has 1 aromatic rings. The van der Waals surface area contributed by atoms with Gasteiger partial charge in [0.1, 0.15) is 11.8 Å². The van der Waals surface area contributed by atoms with E-state index in [2.05, 4.69) is 5.32 Å². The van der Waals surface area contributed by atoms with Crippen LogP contribution >= 0.6 is 0 Å². The molecule has 1 aromatic carbocycles. The van der Waals surface area contributed by atoms with Crippen LogP contribution in [-0.2, 0) is 4.79 Å². The zero-order valence-electron chi connectivity index (χ0n) is 11.0. The Morgan fingerprint density at radius 2 is 1.94 bits per heavy atom. The summed E-state index contributed by atoms with van der Waals surface area (Å²) < 4.78 is 5.12. The molecular weight excluding hydrogens is 228 g/mol. The quantitative estimate of drug-likeness (QED) is 0.888. The lowest BCUT2D eigenvalue weighted by Crippen LogP contribution is -2.19. The predicted octanol–water partition coefficient (Wildman–Crippen LogP) is 2.96. The molecular formula is C14H18N2O2. The normalized spacial score (nSPS) is 10.6. The van der Waals surface area contributed by atoms with Crippen LogP contribution in [-0.4, -0.2) is 12.5 Å². The van der Waals surface area contributed by atoms with Gasteiger partial charge in [0, 0.05) is 12.1 Å². The fourth-order valence-electron chi connectivity index (χ4n) is 1.44. The Kier molecular flexibility index (Phi) is 4.73. The van der Waals surface area contributed by atoms with Crippen LogP contribution in [0.15, 0.2) is 24.3 Å². The summed E-state index contributed by atoms with van der Waals surface area (Å²) in [7, 11) is 0. The SMILES string of the molecule is CC(C)(C)CC(=O)Nc1ccc(OCC#N)cc1. The van der Waals surface area contributed by atoms with Gasteiger partial charge in [-0.25, -0.2) is 0 Å². The van der Waals surface area contributed by atoms with Gasteiger partial charge in [-0.15, -0.1) is 0 Å². The van der Waals surface area contributed by atoms with Crippen molar-refractivity contribution in [3.05, 3.63) is 24.3 Å². The van der Waals surface area contributed by atoms with Crippen molar-refractivity contribution in [2.45, 2.75) is 27.2 Å². The molecule has 0 aliphatic rings. The number of hydrogen-bond donors (Lipinski definition) is 1. The van der Waals surface area contributed by atoms with Crippen molar-refractivity contribution in [3.63, 3.8) is 0 Å². The van der Waals surface area contributed by atoms with Crippen molar-refractivity contribution < 1.29 is 9.53 Å². The van der Waals surface area contributed by atoms with Gasteiger partial charge in [-0.1, -0.05) is 20.8 Å². The Morgan fingerprint density at radius 3 is 2.44 bits per heavy atom. The molecule has 0 saturated carbocycles. The summed E-state index contributed by atoms with van der Waals surface area (Å²) in [5, 5.41) is 11.2. The molecule has 0 aliphatic carbocycles. The van der Waals surface area contributed by atoms with Gasteiger partial charge in [-0.2, -0.15) is 5.26 Å². The predicted molar refractivity (Wildman–Crippen MR) is 70.3 cm³/mol. The van der Waals surface area contributed by atoms with Crippen molar-refractivity contribution in [1.29, 1.82) is 5.26 Å². The van der Waals surface area contributed by atoms with Crippen LogP contribution in [0, 0.1) is 16.7 Å². The van der Waals surface area contributed by atoms with E-state index in [1.165, 1.54) is 0 Å². The van der Waals surface area contributed by atoms with E-state index in [0.29, 0.717) is 12.2 Å². The molecule has 18 heavy (non-hydrogen) atoms. The summed E-state index contributed by atoms with van der Waals surface area (Å²) in [6, 6.07) is 8.86. The molecule has 0 fully saturated rings. The monoisotopic (exact) mass is 246 g/mol. The molecule has 0 spiro atoms. The number of hydrogen-bond acceptors (Lipinski definition) is 3. The van der Waals surface area contributed by atoms with E-state index in [0.717, 1.165) is 5.69 Å². The maximum Gasteiger partial charge on any atom is 0.224 e. The minimum Gasteiger partial charge on any atom is -0.479 e. The van der Waals surface area contributed by atoms with Crippen LogP contribution in [0.25, 0.3) is 0 Å². The lowest BCUT2D eigenvalue weighted by molar-refractivity contribution is -0.117. The highest BCUT2D eigenvalue weighted by Crippen LogP contribution is 2.20. The van der Waals surface area contributed by atoms with Crippen molar-refractivity contribution in [3.8, 4) is 11.8 Å². The molecule has 0 bridgehead atoms. The minimum absolute atomic E-state index is 0.00630. The number of nitrogens with one attached hydrogen (secondary N) is 1. The summed E-state index contributed by atoms with van der Waals surface area (Å²) in [6.07, 6.45) is 0.472. The van der Waals surface area contributed by atoms with E-state index in [1.807, 2.05) is 26.8 Å². The fourth-order valence-corrected chi connectivity index (χ4v) is 1.44. The van der Waals surface area contributed by atoms with E-state index in [1.54, 1.807) is 24.3 Å². The fraction of sp³-hybridized carbons (Fsp3) is 0.429. The Hall–Kier alpha value is -2.02. The summed E-state index contributed by atoms with van der Waals surface area (Å²) in [4.78, 5) is 11.7. The van der Waals surface area contributed by atoms with Gasteiger partial charge in [0.25, 0.3) is 0 Å². The van der Waals surface area contributed by atoms with E-state index in [-0.39, 0.29) is 17.9 Å². The summed E-state index contributed by atoms with van der Waals surface area (Å²) in [5.41, 5.74) is 0.702. The van der Waals surface area contributed by atoms with Crippen molar-refractivity contribution in [2.24, 2.45) is 5.41 Å². The van der Waals surface area contributed by atoms with E-state index >= 15 is 0 Å². The van der Waals surface area contributed by atoms with E-state index in [4.69, 9.17) is 10.00 Å². The molecule has 96 valence electrons. The molecule has 4 heteroatoms. The zero-order chi connectivity index (χ0) is 13.6. The Morgan fingerprint density at radius 1 is 1.33 bits per heavy atom. The largest absolute Gasteiger partial charge is 0.479 e. The highest BCUT2D eigenvalue weighted by atomic mass is 16.5. The second-order valence-corrected chi connectivity index (χ2v) is 5.26. The first kappa shape index (κ1) is 14.0. The van der Waals surface area contributed by atoms with Gasteiger partial charge in [-0.3, -0.25) is 4.79 Å². The van der Waals surface area contributed by atoms with Crippen LogP contribution in [0.4, 0.5) is 5.69 Å². The first-order valence-corrected chi connectivity index (χ1v) is 5.80. The smallest absolute Gasteiger partial charge is 0.224 e. The number of rotatable bonds is 4. The van der Waals surface area contributed by atoms with Gasteiger partial charge in [0.2, 0.25) is 5.91 Å². The molecule has 0 unspecified atom stereocenters. The molecule has 0 radical (unpaired) electrons. The maximum absolute atomic E-state index is 11.7. The number of nitriles is 1. The third-order valence-corrected chi connectivity index (χ3v) is 2.13. The van der Waals surface area contributed by atoms with Crippen LogP contribution in [0.3, 0.4) is 0 Å². The van der Waals surface area contributed by atoms with E-state index < -0.39 is 0 Å². The van der Waals surface area contributed by atoms with E-state index in [9.17, 15) is 4.79 Å². The highest BCUT2D eigenvalue weighted by Gasteiger charge is 2.15. The average Bonchev–Trinajstić information content (AvgIpc) is 2.25. The lowest BCUT2D eigenvalue weighted by Gasteiger charge is -2.17. The van der Waals surface area contributed by atoms with Crippen LogP contribution in [0.5, 0.6) is 5.75 Å². The van der Waals surface area contributed by atoms with Crippen molar-refractivity contribution in [2.75, 3.05) is 11.9 Å². The number of nitrogens with zero attached hydrogens (tertiary/aromatic N) is 1. The summed E-state index contributed by atoms with van der Waals surface area (Å²) in [5.74, 6) is 0.610. The molecule has 0 aromatic heterocycles.